The topological polar surface area (TPSA) is 87.5 Å². The van der Waals surface area contributed by atoms with Crippen molar-refractivity contribution < 1.29 is 9.59 Å². The molecule has 0 aromatic rings. The van der Waals surface area contributed by atoms with Crippen LogP contribution in [0.15, 0.2) is 0 Å². The summed E-state index contributed by atoms with van der Waals surface area (Å²) in [6.07, 6.45) is 1.75. The van der Waals surface area contributed by atoms with E-state index in [2.05, 4.69) is 10.7 Å². The van der Waals surface area contributed by atoms with E-state index in [-0.39, 0.29) is 11.7 Å². The van der Waals surface area contributed by atoms with Crippen LogP contribution in [-0.2, 0) is 9.59 Å². The molecule has 2 saturated heterocycles. The first kappa shape index (κ1) is 11.5. The van der Waals surface area contributed by atoms with Crippen molar-refractivity contribution in [3.63, 3.8) is 0 Å². The quantitative estimate of drug-likeness (QED) is 0.241. The largest absolute Gasteiger partial charge is 0.300 e. The number of rotatable bonds is 3. The van der Waals surface area contributed by atoms with E-state index in [1.807, 2.05) is 4.90 Å². The van der Waals surface area contributed by atoms with Crippen LogP contribution in [0, 0.1) is 0 Å². The molecule has 2 aliphatic heterocycles. The van der Waals surface area contributed by atoms with Gasteiger partial charge in [0.25, 0.3) is 5.91 Å². The lowest BCUT2D eigenvalue weighted by Crippen LogP contribution is -2.65. The molecule has 0 spiro atoms. The normalized spacial score (nSPS) is 37.1. The van der Waals surface area contributed by atoms with Gasteiger partial charge in [0.2, 0.25) is 0 Å². The molecule has 0 saturated carbocycles. The fourth-order valence-electron chi connectivity index (χ4n) is 2.77. The Morgan fingerprint density at radius 1 is 1.62 bits per heavy atom. The number of nitrogens with zero attached hydrogens (tertiary/aromatic N) is 1. The maximum Gasteiger partial charge on any atom is 0.262 e. The highest BCUT2D eigenvalue weighted by atomic mass is 16.2. The monoisotopic (exact) mass is 226 g/mol. The van der Waals surface area contributed by atoms with Crippen LogP contribution in [0.3, 0.4) is 0 Å². The second kappa shape index (κ2) is 4.12. The van der Waals surface area contributed by atoms with Crippen molar-refractivity contribution in [3.05, 3.63) is 0 Å². The SMILES string of the molecule is CCC(=O)C1(C(=O)NN)CCC2CN1CN2. The molecule has 2 fully saturated rings. The summed E-state index contributed by atoms with van der Waals surface area (Å²) < 4.78 is 0. The van der Waals surface area contributed by atoms with Crippen LogP contribution in [0.25, 0.3) is 0 Å². The standard InChI is InChI=1S/C10H18N4O2/c1-2-8(15)10(9(16)13-11)4-3-7-5-14(10)6-12-7/h7,12H,2-6,11H2,1H3,(H,13,16). The van der Waals surface area contributed by atoms with Gasteiger partial charge in [0.1, 0.15) is 0 Å². The second-order valence-corrected chi connectivity index (χ2v) is 4.43. The fraction of sp³-hybridized carbons (Fsp3) is 0.800. The molecule has 6 nitrogen and oxygen atoms in total. The number of Topliss-reactive ketones (excluding diaryl/α,β-unsaturated/α-hetero) is 1. The maximum absolute atomic E-state index is 12.1. The molecule has 16 heavy (non-hydrogen) atoms. The molecule has 0 aromatic carbocycles. The number of fused-ring (bicyclic) bond motifs is 2. The summed E-state index contributed by atoms with van der Waals surface area (Å²) in [5.74, 6) is 4.79. The third kappa shape index (κ3) is 1.45. The predicted molar refractivity (Wildman–Crippen MR) is 58.1 cm³/mol. The van der Waals surface area contributed by atoms with Crippen molar-refractivity contribution in [1.82, 2.24) is 15.6 Å². The highest BCUT2D eigenvalue weighted by Gasteiger charge is 2.54. The number of carbonyl (C=O) groups excluding carboxylic acids is 2. The molecule has 0 radical (unpaired) electrons. The molecule has 2 rings (SSSR count). The number of hydrogen-bond acceptors (Lipinski definition) is 5. The van der Waals surface area contributed by atoms with Gasteiger partial charge in [-0.25, -0.2) is 5.84 Å². The van der Waals surface area contributed by atoms with Gasteiger partial charge < -0.3 is 5.32 Å². The van der Waals surface area contributed by atoms with Crippen molar-refractivity contribution in [2.24, 2.45) is 5.84 Å². The van der Waals surface area contributed by atoms with Crippen molar-refractivity contribution in [2.45, 2.75) is 37.8 Å². The van der Waals surface area contributed by atoms with Gasteiger partial charge in [-0.15, -0.1) is 0 Å². The highest BCUT2D eigenvalue weighted by Crippen LogP contribution is 2.33. The molecule has 90 valence electrons. The molecular weight excluding hydrogens is 208 g/mol. The van der Waals surface area contributed by atoms with Crippen LogP contribution < -0.4 is 16.6 Å². The lowest BCUT2D eigenvalue weighted by molar-refractivity contribution is -0.146. The minimum Gasteiger partial charge on any atom is -0.300 e. The zero-order valence-electron chi connectivity index (χ0n) is 9.45. The Hall–Kier alpha value is -0.980. The number of carbonyl (C=O) groups is 2. The molecule has 6 heteroatoms. The summed E-state index contributed by atoms with van der Waals surface area (Å²) in [6.45, 7) is 3.12. The van der Waals surface area contributed by atoms with Gasteiger partial charge in [0.05, 0.1) is 0 Å². The minimum atomic E-state index is -1.04. The molecule has 0 aliphatic carbocycles. The number of amides is 1. The van der Waals surface area contributed by atoms with Crippen LogP contribution in [0.5, 0.6) is 0 Å². The molecule has 2 bridgehead atoms. The van der Waals surface area contributed by atoms with Crippen LogP contribution in [-0.4, -0.2) is 41.4 Å². The zero-order chi connectivity index (χ0) is 11.8. The van der Waals surface area contributed by atoms with E-state index in [1.165, 1.54) is 0 Å². The van der Waals surface area contributed by atoms with Crippen LogP contribution in [0.1, 0.15) is 26.2 Å². The van der Waals surface area contributed by atoms with Crippen LogP contribution in [0.4, 0.5) is 0 Å². The summed E-state index contributed by atoms with van der Waals surface area (Å²) in [5, 5.41) is 3.28. The summed E-state index contributed by atoms with van der Waals surface area (Å²) >= 11 is 0. The smallest absolute Gasteiger partial charge is 0.262 e. The van der Waals surface area contributed by atoms with E-state index in [4.69, 9.17) is 5.84 Å². The van der Waals surface area contributed by atoms with Gasteiger partial charge in [-0.2, -0.15) is 0 Å². The second-order valence-electron chi connectivity index (χ2n) is 4.43. The maximum atomic E-state index is 12.1. The lowest BCUT2D eigenvalue weighted by Gasteiger charge is -2.40. The Labute approximate surface area is 94.5 Å². The van der Waals surface area contributed by atoms with E-state index < -0.39 is 5.54 Å². The van der Waals surface area contributed by atoms with E-state index >= 15 is 0 Å². The molecule has 3 unspecified atom stereocenters. The van der Waals surface area contributed by atoms with E-state index in [9.17, 15) is 9.59 Å². The van der Waals surface area contributed by atoms with Crippen molar-refractivity contribution >= 4 is 11.7 Å². The van der Waals surface area contributed by atoms with E-state index in [0.29, 0.717) is 25.6 Å². The first-order chi connectivity index (χ1) is 7.65. The number of nitrogens with two attached hydrogens (primary N) is 1. The van der Waals surface area contributed by atoms with Crippen molar-refractivity contribution in [2.75, 3.05) is 13.2 Å². The number of hydrazine groups is 1. The molecular formula is C10H18N4O2. The first-order valence-corrected chi connectivity index (χ1v) is 5.68. The first-order valence-electron chi connectivity index (χ1n) is 5.68. The zero-order valence-corrected chi connectivity index (χ0v) is 9.45. The minimum absolute atomic E-state index is 0.0439. The molecule has 0 aromatic heterocycles. The highest BCUT2D eigenvalue weighted by molar-refractivity contribution is 6.10. The number of nitrogens with one attached hydrogen (secondary N) is 2. The lowest BCUT2D eigenvalue weighted by atomic mass is 9.81. The van der Waals surface area contributed by atoms with Gasteiger partial charge >= 0.3 is 0 Å². The van der Waals surface area contributed by atoms with Gasteiger partial charge in [0, 0.05) is 25.7 Å². The van der Waals surface area contributed by atoms with E-state index in [0.717, 1.165) is 13.0 Å². The average Bonchev–Trinajstić information content (AvgIpc) is 2.72. The fourth-order valence-corrected chi connectivity index (χ4v) is 2.77. The Morgan fingerprint density at radius 2 is 2.38 bits per heavy atom. The molecule has 1 amide bonds. The third-order valence-electron chi connectivity index (χ3n) is 3.70. The Bertz CT molecular complexity index is 302. The van der Waals surface area contributed by atoms with Crippen molar-refractivity contribution in [1.29, 1.82) is 0 Å². The number of piperidine rings is 1. The average molecular weight is 226 g/mol. The molecule has 2 aliphatic rings. The van der Waals surface area contributed by atoms with Gasteiger partial charge in [0.15, 0.2) is 11.3 Å². The number of ketones is 1. The number of hydrogen-bond donors (Lipinski definition) is 3. The Morgan fingerprint density at radius 3 is 3.00 bits per heavy atom. The van der Waals surface area contributed by atoms with Gasteiger partial charge in [-0.1, -0.05) is 6.92 Å². The molecule has 4 N–H and O–H groups in total. The summed E-state index contributed by atoms with van der Waals surface area (Å²) in [6, 6.07) is 0.406. The van der Waals surface area contributed by atoms with Gasteiger partial charge in [-0.05, 0) is 12.8 Å². The third-order valence-corrected chi connectivity index (χ3v) is 3.70. The Balaban J connectivity index is 2.33. The summed E-state index contributed by atoms with van der Waals surface area (Å²) in [4.78, 5) is 26.0. The van der Waals surface area contributed by atoms with E-state index in [1.54, 1.807) is 6.92 Å². The summed E-state index contributed by atoms with van der Waals surface area (Å²) in [7, 11) is 0. The summed E-state index contributed by atoms with van der Waals surface area (Å²) in [5.41, 5.74) is 1.11. The van der Waals surface area contributed by atoms with Gasteiger partial charge in [-0.3, -0.25) is 19.9 Å². The molecule has 3 atom stereocenters. The van der Waals surface area contributed by atoms with Crippen LogP contribution in [0.2, 0.25) is 0 Å². The predicted octanol–water partition coefficient (Wildman–Crippen LogP) is -1.28. The molecule has 2 heterocycles. The van der Waals surface area contributed by atoms with Crippen molar-refractivity contribution in [3.8, 4) is 0 Å². The van der Waals surface area contributed by atoms with Crippen LogP contribution >= 0.6 is 0 Å². The Kier molecular flexibility index (Phi) is 2.96.